The van der Waals surface area contributed by atoms with Gasteiger partial charge in [-0.1, -0.05) is 97.1 Å². The zero-order valence-corrected chi connectivity index (χ0v) is 21.4. The van der Waals surface area contributed by atoms with E-state index in [0.29, 0.717) is 0 Å². The van der Waals surface area contributed by atoms with E-state index in [4.69, 9.17) is 0 Å². The fraction of sp³-hybridized carbons (Fsp3) is 0.0270. The molecule has 0 amide bonds. The Kier molecular flexibility index (Phi) is 4.77. The first kappa shape index (κ1) is 22.0. The molecule has 2 heteroatoms. The Morgan fingerprint density at radius 3 is 1.15 bits per heavy atom. The fourth-order valence-electron chi connectivity index (χ4n) is 6.67. The van der Waals surface area contributed by atoms with Crippen LogP contribution >= 0.6 is 0 Å². The van der Waals surface area contributed by atoms with Crippen LogP contribution in [0.1, 0.15) is 22.3 Å². The summed E-state index contributed by atoms with van der Waals surface area (Å²) in [5, 5.41) is 7.29. The van der Waals surface area contributed by atoms with Crippen molar-refractivity contribution in [2.24, 2.45) is 0 Å². The van der Waals surface area contributed by atoms with Gasteiger partial charge in [0, 0.05) is 22.7 Å². The average Bonchev–Trinajstić information content (AvgIpc) is 3.45. The summed E-state index contributed by atoms with van der Waals surface area (Å²) < 4.78 is 0. The molecule has 2 aliphatic rings. The monoisotopic (exact) mass is 498 g/mol. The maximum absolute atomic E-state index is 3.65. The second-order valence-electron chi connectivity index (χ2n) is 10.3. The van der Waals surface area contributed by atoms with Crippen molar-refractivity contribution in [3.63, 3.8) is 0 Å². The molecule has 0 aromatic heterocycles. The van der Waals surface area contributed by atoms with Crippen LogP contribution in [0.3, 0.4) is 0 Å². The smallest absolute Gasteiger partial charge is 0.0727 e. The van der Waals surface area contributed by atoms with Crippen LogP contribution in [0.2, 0.25) is 0 Å². The lowest BCUT2D eigenvalue weighted by molar-refractivity contribution is 0.794. The highest BCUT2D eigenvalue weighted by Crippen LogP contribution is 2.63. The van der Waals surface area contributed by atoms with Crippen LogP contribution in [0, 0.1) is 0 Å². The van der Waals surface area contributed by atoms with Crippen molar-refractivity contribution >= 4 is 22.7 Å². The minimum Gasteiger partial charge on any atom is -0.356 e. The van der Waals surface area contributed by atoms with E-state index < -0.39 is 0 Å². The van der Waals surface area contributed by atoms with Crippen LogP contribution in [-0.2, 0) is 5.41 Å². The molecule has 2 aliphatic carbocycles. The summed E-state index contributed by atoms with van der Waals surface area (Å²) in [6.45, 7) is 0. The Labute approximate surface area is 228 Å². The van der Waals surface area contributed by atoms with Crippen molar-refractivity contribution < 1.29 is 0 Å². The Hall–Kier alpha value is -5.08. The van der Waals surface area contributed by atoms with E-state index in [1.165, 1.54) is 44.5 Å². The molecule has 0 radical (unpaired) electrons. The number of benzene rings is 6. The zero-order chi connectivity index (χ0) is 25.8. The van der Waals surface area contributed by atoms with Gasteiger partial charge in [0.25, 0.3) is 0 Å². The van der Waals surface area contributed by atoms with Crippen LogP contribution in [0.4, 0.5) is 22.7 Å². The van der Waals surface area contributed by atoms with Gasteiger partial charge in [-0.25, -0.2) is 0 Å². The summed E-state index contributed by atoms with van der Waals surface area (Å²) in [5.74, 6) is 0. The molecule has 184 valence electrons. The summed E-state index contributed by atoms with van der Waals surface area (Å²) in [6.07, 6.45) is 0. The molecule has 8 rings (SSSR count). The first-order valence-electron chi connectivity index (χ1n) is 13.5. The third-order valence-corrected chi connectivity index (χ3v) is 8.21. The molecule has 6 aromatic carbocycles. The molecule has 0 aliphatic heterocycles. The Morgan fingerprint density at radius 2 is 0.692 bits per heavy atom. The molecule has 0 bridgehead atoms. The zero-order valence-electron chi connectivity index (χ0n) is 21.4. The molecule has 0 atom stereocenters. The number of anilines is 4. The maximum atomic E-state index is 3.65. The Bertz CT molecular complexity index is 1720. The third kappa shape index (κ3) is 3.22. The summed E-state index contributed by atoms with van der Waals surface area (Å²) in [6, 6.07) is 52.4. The van der Waals surface area contributed by atoms with Crippen molar-refractivity contribution in [1.29, 1.82) is 0 Å². The van der Waals surface area contributed by atoms with Crippen molar-refractivity contribution in [2.75, 3.05) is 10.6 Å². The molecule has 2 nitrogen and oxygen atoms in total. The number of fused-ring (bicyclic) bond motifs is 10. The first-order chi connectivity index (χ1) is 19.3. The molecule has 39 heavy (non-hydrogen) atoms. The van der Waals surface area contributed by atoms with Crippen LogP contribution < -0.4 is 10.6 Å². The second kappa shape index (κ2) is 8.47. The maximum Gasteiger partial charge on any atom is 0.0727 e. The topological polar surface area (TPSA) is 24.1 Å². The van der Waals surface area contributed by atoms with Crippen LogP contribution in [0.25, 0.3) is 22.3 Å². The first-order valence-corrected chi connectivity index (χ1v) is 13.5. The predicted molar refractivity (Wildman–Crippen MR) is 162 cm³/mol. The average molecular weight is 499 g/mol. The highest BCUT2D eigenvalue weighted by molar-refractivity contribution is 5.96. The summed E-state index contributed by atoms with van der Waals surface area (Å²) >= 11 is 0. The van der Waals surface area contributed by atoms with Crippen LogP contribution in [0.15, 0.2) is 146 Å². The number of para-hydroxylation sites is 2. The lowest BCUT2D eigenvalue weighted by atomic mass is 9.70. The van der Waals surface area contributed by atoms with Crippen molar-refractivity contribution in [2.45, 2.75) is 5.41 Å². The highest BCUT2D eigenvalue weighted by Gasteiger charge is 2.51. The normalized spacial score (nSPS) is 13.3. The van der Waals surface area contributed by atoms with Crippen molar-refractivity contribution in [3.05, 3.63) is 168 Å². The van der Waals surface area contributed by atoms with E-state index in [9.17, 15) is 0 Å². The number of hydrogen-bond donors (Lipinski definition) is 2. The van der Waals surface area contributed by atoms with Gasteiger partial charge in [-0.3, -0.25) is 0 Å². The second-order valence-corrected chi connectivity index (χ2v) is 10.3. The lowest BCUT2D eigenvalue weighted by Crippen LogP contribution is -2.26. The van der Waals surface area contributed by atoms with E-state index in [-0.39, 0.29) is 5.41 Å². The van der Waals surface area contributed by atoms with Gasteiger partial charge < -0.3 is 10.6 Å². The van der Waals surface area contributed by atoms with Gasteiger partial charge in [0.15, 0.2) is 0 Å². The summed E-state index contributed by atoms with van der Waals surface area (Å²) in [4.78, 5) is 0. The minimum atomic E-state index is -0.388. The minimum absolute atomic E-state index is 0.388. The molecule has 0 unspecified atom stereocenters. The fourth-order valence-corrected chi connectivity index (χ4v) is 6.67. The van der Waals surface area contributed by atoms with Crippen LogP contribution in [0.5, 0.6) is 0 Å². The molecule has 1 spiro atoms. The molecular weight excluding hydrogens is 472 g/mol. The van der Waals surface area contributed by atoms with Crippen LogP contribution in [-0.4, -0.2) is 0 Å². The number of nitrogens with one attached hydrogen (secondary N) is 2. The molecule has 0 heterocycles. The van der Waals surface area contributed by atoms with Gasteiger partial charge in [0.1, 0.15) is 0 Å². The molecule has 0 fully saturated rings. The number of hydrogen-bond acceptors (Lipinski definition) is 2. The van der Waals surface area contributed by atoms with Gasteiger partial charge in [0.2, 0.25) is 0 Å². The van der Waals surface area contributed by atoms with Gasteiger partial charge in [-0.2, -0.15) is 0 Å². The summed E-state index contributed by atoms with van der Waals surface area (Å²) in [7, 11) is 0. The van der Waals surface area contributed by atoms with E-state index in [2.05, 4.69) is 144 Å². The van der Waals surface area contributed by atoms with E-state index in [0.717, 1.165) is 22.7 Å². The number of rotatable bonds is 4. The Morgan fingerprint density at radius 1 is 0.308 bits per heavy atom. The standard InChI is InChI=1S/C37H26N2/c1-3-11-25(12-4-1)38-27-19-21-31-32-22-20-28(39-26-13-5-2-6-14-26)24-36(32)37(35(31)23-27)33-17-9-7-15-29(33)30-16-8-10-18-34(30)37/h1-24,38-39H. The highest BCUT2D eigenvalue weighted by atomic mass is 14.9. The molecule has 6 aromatic rings. The molecule has 0 saturated carbocycles. The van der Waals surface area contributed by atoms with E-state index in [1.807, 2.05) is 12.1 Å². The summed E-state index contributed by atoms with van der Waals surface area (Å²) in [5.41, 5.74) is 14.5. The lowest BCUT2D eigenvalue weighted by Gasteiger charge is -2.31. The third-order valence-electron chi connectivity index (χ3n) is 8.21. The van der Waals surface area contributed by atoms with Gasteiger partial charge >= 0.3 is 0 Å². The van der Waals surface area contributed by atoms with Crippen molar-refractivity contribution in [3.8, 4) is 22.3 Å². The SMILES string of the molecule is c1ccc(Nc2ccc3c(c2)C2(c4ccccc4-c4ccccc42)c2cc(Nc4ccccc4)ccc2-3)cc1. The van der Waals surface area contributed by atoms with Gasteiger partial charge in [-0.05, 0) is 93.0 Å². The quantitative estimate of drug-likeness (QED) is 0.252. The van der Waals surface area contributed by atoms with Crippen molar-refractivity contribution in [1.82, 2.24) is 0 Å². The predicted octanol–water partition coefficient (Wildman–Crippen LogP) is 9.52. The van der Waals surface area contributed by atoms with Gasteiger partial charge in [0.05, 0.1) is 5.41 Å². The molecule has 0 saturated heterocycles. The Balaban J connectivity index is 1.39. The largest absolute Gasteiger partial charge is 0.356 e. The molecular formula is C37H26N2. The van der Waals surface area contributed by atoms with E-state index in [1.54, 1.807) is 0 Å². The van der Waals surface area contributed by atoms with E-state index >= 15 is 0 Å². The molecule has 2 N–H and O–H groups in total. The van der Waals surface area contributed by atoms with Gasteiger partial charge in [-0.15, -0.1) is 0 Å².